The highest BCUT2D eigenvalue weighted by molar-refractivity contribution is 5.85. The molecule has 0 aliphatic carbocycles. The second-order valence-electron chi connectivity index (χ2n) is 8.37. The highest BCUT2D eigenvalue weighted by atomic mass is 19.4. The van der Waals surface area contributed by atoms with Crippen molar-refractivity contribution in [2.24, 2.45) is 5.92 Å². The fourth-order valence-corrected chi connectivity index (χ4v) is 3.80. The maximum Gasteiger partial charge on any atom is 0.416 e. The van der Waals surface area contributed by atoms with E-state index in [0.717, 1.165) is 34.4 Å². The molecule has 2 nitrogen and oxygen atoms in total. The van der Waals surface area contributed by atoms with Crippen molar-refractivity contribution in [2.75, 3.05) is 0 Å². The zero-order chi connectivity index (χ0) is 23.5. The van der Waals surface area contributed by atoms with E-state index in [2.05, 4.69) is 18.7 Å². The topological polar surface area (TPSA) is 21.4 Å². The number of hydrogen-bond acceptors (Lipinski definition) is 1. The molecule has 3 aromatic rings. The Labute approximate surface area is 186 Å². The monoisotopic (exact) mass is 435 g/mol. The molecule has 1 unspecified atom stereocenters. The second-order valence-corrected chi connectivity index (χ2v) is 8.37. The molecule has 3 rings (SSSR count). The lowest BCUT2D eigenvalue weighted by molar-refractivity contribution is -0.137. The van der Waals surface area contributed by atoms with E-state index >= 15 is 0 Å². The third-order valence-corrected chi connectivity index (χ3v) is 5.41. The van der Waals surface area contributed by atoms with Crippen molar-refractivity contribution in [2.45, 2.75) is 39.3 Å². The van der Waals surface area contributed by atoms with E-state index in [1.165, 1.54) is 12.1 Å². The van der Waals surface area contributed by atoms with E-state index in [0.29, 0.717) is 23.6 Å². The number of carbonyl (C=O) groups excluding carboxylic acids is 1. The number of hydrogen-bond donors (Lipinski definition) is 0. The van der Waals surface area contributed by atoms with Crippen LogP contribution >= 0.6 is 0 Å². The van der Waals surface area contributed by atoms with Gasteiger partial charge in [0.15, 0.2) is 5.69 Å². The number of nitrogens with zero attached hydrogens (tertiary/aromatic N) is 1. The Kier molecular flexibility index (Phi) is 6.84. The lowest BCUT2D eigenvalue weighted by Gasteiger charge is -2.19. The zero-order valence-corrected chi connectivity index (χ0v) is 18.2. The van der Waals surface area contributed by atoms with Crippen molar-refractivity contribution in [1.29, 1.82) is 0 Å². The first-order valence-corrected chi connectivity index (χ1v) is 10.4. The molecule has 0 bridgehead atoms. The lowest BCUT2D eigenvalue weighted by Crippen LogP contribution is -2.12. The standard InChI is InChI=1S/C27H24F3NO/c1-17(2)12-26(18(3)32)23-14-21(19-8-10-24(11-9-19)27(28,29)30)13-22(15-23)20-6-5-7-25(16-20)31-4/h5-11,13-17,26H,12H2,1-3H3. The number of benzene rings is 3. The van der Waals surface area contributed by atoms with Crippen molar-refractivity contribution in [1.82, 2.24) is 0 Å². The average molecular weight is 435 g/mol. The smallest absolute Gasteiger partial charge is 0.299 e. The van der Waals surface area contributed by atoms with Gasteiger partial charge in [0.1, 0.15) is 5.78 Å². The Morgan fingerprint density at radius 1 is 0.906 bits per heavy atom. The Morgan fingerprint density at radius 2 is 1.53 bits per heavy atom. The molecule has 0 fully saturated rings. The Morgan fingerprint density at radius 3 is 2.06 bits per heavy atom. The molecular formula is C27H24F3NO. The predicted molar refractivity (Wildman–Crippen MR) is 121 cm³/mol. The van der Waals surface area contributed by atoms with Crippen molar-refractivity contribution < 1.29 is 18.0 Å². The van der Waals surface area contributed by atoms with E-state index in [4.69, 9.17) is 6.57 Å². The van der Waals surface area contributed by atoms with Gasteiger partial charge in [-0.2, -0.15) is 13.2 Å². The second kappa shape index (κ2) is 9.40. The summed E-state index contributed by atoms with van der Waals surface area (Å²) in [5, 5.41) is 0. The third kappa shape index (κ3) is 5.45. The van der Waals surface area contributed by atoms with Crippen molar-refractivity contribution in [3.8, 4) is 22.3 Å². The van der Waals surface area contributed by atoms with Crippen LogP contribution in [-0.4, -0.2) is 5.78 Å². The van der Waals surface area contributed by atoms with Gasteiger partial charge in [0.2, 0.25) is 0 Å². The quantitative estimate of drug-likeness (QED) is 0.357. The van der Waals surface area contributed by atoms with Crippen LogP contribution < -0.4 is 0 Å². The number of carbonyl (C=O) groups is 1. The van der Waals surface area contributed by atoms with Gasteiger partial charge in [-0.3, -0.25) is 4.79 Å². The summed E-state index contributed by atoms with van der Waals surface area (Å²) in [5.74, 6) is 0.0313. The molecule has 0 aliphatic heterocycles. The van der Waals surface area contributed by atoms with Crippen LogP contribution in [0.5, 0.6) is 0 Å². The minimum Gasteiger partial charge on any atom is -0.299 e. The van der Waals surface area contributed by atoms with Crippen LogP contribution in [0.2, 0.25) is 0 Å². The van der Waals surface area contributed by atoms with Crippen LogP contribution in [0.25, 0.3) is 27.1 Å². The normalized spacial score (nSPS) is 12.4. The fraction of sp³-hybridized carbons (Fsp3) is 0.259. The fourth-order valence-electron chi connectivity index (χ4n) is 3.80. The van der Waals surface area contributed by atoms with Gasteiger partial charge in [-0.25, -0.2) is 4.85 Å². The Balaban J connectivity index is 2.18. The molecule has 5 heteroatoms. The molecule has 0 N–H and O–H groups in total. The summed E-state index contributed by atoms with van der Waals surface area (Å²) in [7, 11) is 0. The third-order valence-electron chi connectivity index (χ3n) is 5.41. The van der Waals surface area contributed by atoms with Crippen LogP contribution in [0.3, 0.4) is 0 Å². The first kappa shape index (κ1) is 23.3. The van der Waals surface area contributed by atoms with E-state index in [1.54, 1.807) is 25.1 Å². The maximum absolute atomic E-state index is 13.0. The largest absolute Gasteiger partial charge is 0.416 e. The van der Waals surface area contributed by atoms with Gasteiger partial charge in [0.05, 0.1) is 12.1 Å². The summed E-state index contributed by atoms with van der Waals surface area (Å²) in [6.07, 6.45) is -3.73. The first-order chi connectivity index (χ1) is 15.1. The number of halogens is 3. The molecule has 0 heterocycles. The average Bonchev–Trinajstić information content (AvgIpc) is 2.76. The van der Waals surface area contributed by atoms with Gasteiger partial charge in [-0.05, 0) is 71.3 Å². The first-order valence-electron chi connectivity index (χ1n) is 10.4. The maximum atomic E-state index is 13.0. The molecule has 0 aromatic heterocycles. The van der Waals surface area contributed by atoms with E-state index in [9.17, 15) is 18.0 Å². The highest BCUT2D eigenvalue weighted by Crippen LogP contribution is 2.36. The van der Waals surface area contributed by atoms with E-state index in [1.807, 2.05) is 24.3 Å². The number of alkyl halides is 3. The number of ketones is 1. The van der Waals surface area contributed by atoms with Gasteiger partial charge in [0.25, 0.3) is 0 Å². The lowest BCUT2D eigenvalue weighted by atomic mass is 9.84. The van der Waals surface area contributed by atoms with E-state index in [-0.39, 0.29) is 11.7 Å². The van der Waals surface area contributed by atoms with Gasteiger partial charge in [-0.15, -0.1) is 0 Å². The van der Waals surface area contributed by atoms with Gasteiger partial charge < -0.3 is 0 Å². The van der Waals surface area contributed by atoms with Gasteiger partial charge in [0, 0.05) is 5.92 Å². The van der Waals surface area contributed by atoms with E-state index < -0.39 is 11.7 Å². The van der Waals surface area contributed by atoms with Crippen LogP contribution in [0.15, 0.2) is 66.7 Å². The predicted octanol–water partition coefficient (Wildman–Crippen LogP) is 8.31. The van der Waals surface area contributed by atoms with Crippen molar-refractivity contribution >= 4 is 11.5 Å². The molecule has 164 valence electrons. The van der Waals surface area contributed by atoms with Crippen LogP contribution in [0.4, 0.5) is 18.9 Å². The Hall–Kier alpha value is -3.39. The summed E-state index contributed by atoms with van der Waals surface area (Å²) >= 11 is 0. The summed E-state index contributed by atoms with van der Waals surface area (Å²) in [4.78, 5) is 16.0. The van der Waals surface area contributed by atoms with Gasteiger partial charge >= 0.3 is 6.18 Å². The van der Waals surface area contributed by atoms with Crippen molar-refractivity contribution in [3.05, 3.63) is 89.3 Å². The molecular weight excluding hydrogens is 411 g/mol. The summed E-state index contributed by atoms with van der Waals surface area (Å²) < 4.78 is 39.0. The number of Topliss-reactive ketones (excluding diaryl/α,β-unsaturated/α-hetero) is 1. The van der Waals surface area contributed by atoms with Crippen molar-refractivity contribution in [3.63, 3.8) is 0 Å². The summed E-state index contributed by atoms with van der Waals surface area (Å²) in [5.41, 5.74) is 3.62. The minimum atomic E-state index is -4.40. The van der Waals surface area contributed by atoms with Crippen LogP contribution in [0.1, 0.15) is 44.2 Å². The van der Waals surface area contributed by atoms with Crippen LogP contribution in [0, 0.1) is 12.5 Å². The van der Waals surface area contributed by atoms with Crippen LogP contribution in [-0.2, 0) is 11.0 Å². The minimum absolute atomic E-state index is 0.0455. The molecule has 0 saturated carbocycles. The molecule has 3 aromatic carbocycles. The zero-order valence-electron chi connectivity index (χ0n) is 18.2. The molecule has 0 spiro atoms. The molecule has 0 amide bonds. The SMILES string of the molecule is [C-]#[N+]c1cccc(-c2cc(-c3ccc(C(F)(F)F)cc3)cc(C(CC(C)C)C(C)=O)c2)c1. The molecule has 0 aliphatic rings. The van der Waals surface area contributed by atoms with Gasteiger partial charge in [-0.1, -0.05) is 56.3 Å². The molecule has 32 heavy (non-hydrogen) atoms. The molecule has 0 saturated heterocycles. The molecule has 1 atom stereocenters. The highest BCUT2D eigenvalue weighted by Gasteiger charge is 2.30. The molecule has 0 radical (unpaired) electrons. The summed E-state index contributed by atoms with van der Waals surface area (Å²) in [6, 6.07) is 17.9. The number of rotatable bonds is 6. The summed E-state index contributed by atoms with van der Waals surface area (Å²) in [6.45, 7) is 13.0. The Bertz CT molecular complexity index is 1150.